The third-order valence-corrected chi connectivity index (χ3v) is 5.24. The first kappa shape index (κ1) is 51.8. The van der Waals surface area contributed by atoms with Gasteiger partial charge in [0.1, 0.15) is 42.9 Å². The number of carboxylic acid groups (broad SMARTS) is 5. The minimum Gasteiger partial charge on any atom is -0.481 e. The van der Waals surface area contributed by atoms with Gasteiger partial charge in [-0.15, -0.1) is 0 Å². The predicted molar refractivity (Wildman–Crippen MR) is 168 cm³/mol. The van der Waals surface area contributed by atoms with E-state index in [0.29, 0.717) is 0 Å². The van der Waals surface area contributed by atoms with Gasteiger partial charge in [0, 0.05) is 18.6 Å². The van der Waals surface area contributed by atoms with Crippen molar-refractivity contribution in [3.05, 3.63) is 0 Å². The lowest BCUT2D eigenvalue weighted by Gasteiger charge is -2.11. The average Bonchev–Trinajstić information content (AvgIpc) is 3.00. The number of ether oxygens (including phenoxy) is 2. The van der Waals surface area contributed by atoms with Crippen LogP contribution in [0, 0.1) is 0 Å². The molecule has 0 heterocycles. The van der Waals surface area contributed by atoms with Gasteiger partial charge >= 0.3 is 47.8 Å². The molecule has 6 atom stereocenters. The summed E-state index contributed by atoms with van der Waals surface area (Å²) in [5, 5.41) is 40.6. The van der Waals surface area contributed by atoms with E-state index in [1.54, 1.807) is 0 Å². The number of rotatable bonds is 19. The van der Waals surface area contributed by atoms with Gasteiger partial charge in [-0.3, -0.25) is 38.4 Å². The molecule has 0 radical (unpaired) electrons. The number of primary amides is 2. The molecular weight excluding hydrogens is 704 g/mol. The fraction of sp³-hybridized carbons (Fsp3) is 0.583. The predicted octanol–water partition coefficient (Wildman–Crippen LogP) is -6.81. The molecule has 288 valence electrons. The number of thiol groups is 1. The van der Waals surface area contributed by atoms with Crippen LogP contribution in [0.1, 0.15) is 38.5 Å². The molecule has 0 fully saturated rings. The summed E-state index contributed by atoms with van der Waals surface area (Å²) in [6.07, 6.45) is -1.36. The first-order valence-electron chi connectivity index (χ1n) is 13.5. The van der Waals surface area contributed by atoms with Crippen LogP contribution in [-0.4, -0.2) is 134 Å². The zero-order chi connectivity index (χ0) is 40.3. The van der Waals surface area contributed by atoms with Gasteiger partial charge in [-0.05, 0) is 12.8 Å². The van der Waals surface area contributed by atoms with Gasteiger partial charge in [-0.1, -0.05) is 0 Å². The van der Waals surface area contributed by atoms with Crippen molar-refractivity contribution < 1.29 is 83.0 Å². The number of carbonyl (C=O) groups excluding carboxylic acids is 5. The van der Waals surface area contributed by atoms with Gasteiger partial charge in [-0.25, -0.2) is 9.59 Å². The second-order valence-corrected chi connectivity index (χ2v) is 9.78. The fourth-order valence-electron chi connectivity index (χ4n) is 2.07. The van der Waals surface area contributed by atoms with Gasteiger partial charge in [0.15, 0.2) is 0 Å². The molecule has 50 heavy (non-hydrogen) atoms. The SMILES string of the molecule is NC(=O)CC[C@H](N)C(=O)OC(=O)[C@@H](N)CC(N)=O.N[C@@H](CC(=O)O)C(=O)O.N[C@@H](CCC(=O)O)C(=O)O.N[C@@H](COC(=O)[C@@H](N)CS)C(=O)O. The lowest BCUT2D eigenvalue weighted by molar-refractivity contribution is -0.162. The minimum atomic E-state index is -1.32. The summed E-state index contributed by atoms with van der Waals surface area (Å²) < 4.78 is 8.82. The maximum absolute atomic E-state index is 11.3. The van der Waals surface area contributed by atoms with Crippen molar-refractivity contribution in [2.75, 3.05) is 12.4 Å². The van der Waals surface area contributed by atoms with E-state index in [0.717, 1.165) is 0 Å². The van der Waals surface area contributed by atoms with Crippen LogP contribution in [0.3, 0.4) is 0 Å². The molecule has 0 unspecified atom stereocenters. The van der Waals surface area contributed by atoms with Gasteiger partial charge in [0.05, 0.1) is 12.8 Å². The van der Waals surface area contributed by atoms with Crippen LogP contribution in [-0.2, 0) is 57.4 Å². The molecule has 0 aromatic heterocycles. The highest BCUT2D eigenvalue weighted by atomic mass is 32.1. The molecule has 0 saturated heterocycles. The molecule has 0 aliphatic heterocycles. The van der Waals surface area contributed by atoms with Crippen LogP contribution in [0.4, 0.5) is 0 Å². The Labute approximate surface area is 288 Å². The zero-order valence-corrected chi connectivity index (χ0v) is 27.2. The molecule has 0 aliphatic rings. The number of aliphatic carboxylic acids is 5. The smallest absolute Gasteiger partial charge is 0.331 e. The van der Waals surface area contributed by atoms with Crippen molar-refractivity contribution >= 4 is 72.2 Å². The largest absolute Gasteiger partial charge is 0.481 e. The zero-order valence-electron chi connectivity index (χ0n) is 26.3. The molecule has 0 aromatic rings. The first-order chi connectivity index (χ1) is 22.8. The summed E-state index contributed by atoms with van der Waals surface area (Å²) in [6.45, 7) is -0.379. The number of nitrogens with two attached hydrogens (primary N) is 8. The highest BCUT2D eigenvalue weighted by Gasteiger charge is 2.24. The van der Waals surface area contributed by atoms with Crippen LogP contribution >= 0.6 is 12.6 Å². The van der Waals surface area contributed by atoms with Crippen LogP contribution in [0.2, 0.25) is 0 Å². The first-order valence-corrected chi connectivity index (χ1v) is 14.2. The van der Waals surface area contributed by atoms with Crippen LogP contribution in [0.25, 0.3) is 0 Å². The highest BCUT2D eigenvalue weighted by molar-refractivity contribution is 7.80. The van der Waals surface area contributed by atoms with Crippen molar-refractivity contribution in [2.45, 2.75) is 74.8 Å². The Bertz CT molecular complexity index is 1180. The standard InChI is InChI=1S/C9H16N4O5.C6H12N2O4S.C5H9NO4.C4H7NO4/c10-4(1-2-6(12)14)8(16)18-9(17)5(11)3-7(13)15;7-3(5(9)10)1-12-6(11)4(8)2-13;6-3(5(9)10)1-2-4(7)8;5-2(4(8)9)1-3(6)7/h4-5H,1-3,10-11H2,(H2,12,14)(H2,13,15);3-4,13H,1-2,7-8H2,(H,9,10);3H,1-2,6H2,(H,7,8)(H,9,10);2H,1,5H2,(H,6,7)(H,8,9)/t4-,5-;3-,4-;3-;2-/m0000/s1. The average molecular weight is 749 g/mol. The molecule has 0 spiro atoms. The Kier molecular flexibility index (Phi) is 30.0. The van der Waals surface area contributed by atoms with E-state index in [-0.39, 0.29) is 38.0 Å². The third kappa shape index (κ3) is 32.9. The number of carboxylic acids is 5. The fourth-order valence-corrected chi connectivity index (χ4v) is 2.22. The molecule has 0 aliphatic carbocycles. The Morgan fingerprint density at radius 1 is 0.500 bits per heavy atom. The summed E-state index contributed by atoms with van der Waals surface area (Å²) in [6, 6.07) is -6.89. The normalized spacial score (nSPS) is 13.4. The number of amides is 2. The molecule has 21 N–H and O–H groups in total. The molecule has 25 nitrogen and oxygen atoms in total. The number of esters is 3. The topological polar surface area (TPSA) is 498 Å². The molecule has 0 rings (SSSR count). The van der Waals surface area contributed by atoms with E-state index in [2.05, 4.69) is 22.1 Å². The van der Waals surface area contributed by atoms with E-state index >= 15 is 0 Å². The van der Waals surface area contributed by atoms with E-state index < -0.39 is 109 Å². The molecule has 0 aromatic carbocycles. The molecule has 0 bridgehead atoms. The maximum atomic E-state index is 11.3. The van der Waals surface area contributed by atoms with Crippen LogP contribution in [0.15, 0.2) is 0 Å². The van der Waals surface area contributed by atoms with Crippen molar-refractivity contribution in [1.82, 2.24) is 0 Å². The summed E-state index contributed by atoms with van der Waals surface area (Å²) in [5.74, 6) is -10.1. The van der Waals surface area contributed by atoms with E-state index in [1.165, 1.54) is 0 Å². The third-order valence-electron chi connectivity index (χ3n) is 4.85. The second-order valence-electron chi connectivity index (χ2n) is 9.41. The van der Waals surface area contributed by atoms with Crippen LogP contribution in [0.5, 0.6) is 0 Å². The maximum Gasteiger partial charge on any atom is 0.331 e. The Morgan fingerprint density at radius 3 is 1.28 bits per heavy atom. The van der Waals surface area contributed by atoms with Crippen molar-refractivity contribution in [3.8, 4) is 0 Å². The molecule has 2 amide bonds. The lowest BCUT2D eigenvalue weighted by atomic mass is 10.1. The summed E-state index contributed by atoms with van der Waals surface area (Å²) in [4.78, 5) is 104. The lowest BCUT2D eigenvalue weighted by Crippen LogP contribution is -2.41. The monoisotopic (exact) mass is 748 g/mol. The van der Waals surface area contributed by atoms with E-state index in [4.69, 9.17) is 71.4 Å². The number of hydrogen-bond acceptors (Lipinski definition) is 19. The Hall–Kier alpha value is -4.99. The van der Waals surface area contributed by atoms with Gasteiger partial charge in [0.2, 0.25) is 11.8 Å². The van der Waals surface area contributed by atoms with Gasteiger partial charge in [0.25, 0.3) is 0 Å². The Morgan fingerprint density at radius 2 is 0.940 bits per heavy atom. The van der Waals surface area contributed by atoms with Crippen molar-refractivity contribution in [3.63, 3.8) is 0 Å². The quantitative estimate of drug-likeness (QED) is 0.0331. The highest BCUT2D eigenvalue weighted by Crippen LogP contribution is 2.00. The van der Waals surface area contributed by atoms with Crippen LogP contribution < -0.4 is 45.9 Å². The number of carbonyl (C=O) groups is 10. The van der Waals surface area contributed by atoms with Crippen molar-refractivity contribution in [1.29, 1.82) is 0 Å². The summed E-state index contributed by atoms with van der Waals surface area (Å²) in [5.41, 5.74) is 40.4. The minimum absolute atomic E-state index is 0.0231. The molecule has 0 saturated carbocycles. The van der Waals surface area contributed by atoms with E-state index in [9.17, 15) is 47.9 Å². The summed E-state index contributed by atoms with van der Waals surface area (Å²) >= 11 is 3.77. The second kappa shape index (κ2) is 29.0. The summed E-state index contributed by atoms with van der Waals surface area (Å²) in [7, 11) is 0. The number of hydrogen-bond donors (Lipinski definition) is 14. The Balaban J connectivity index is -0.000000293. The van der Waals surface area contributed by atoms with Gasteiger partial charge in [-0.2, -0.15) is 12.6 Å². The van der Waals surface area contributed by atoms with Gasteiger partial charge < -0.3 is 80.9 Å². The van der Waals surface area contributed by atoms with E-state index in [1.807, 2.05) is 0 Å². The van der Waals surface area contributed by atoms with Crippen molar-refractivity contribution in [2.24, 2.45) is 45.9 Å². The molecule has 26 heteroatoms. The molecular formula is C24H44N8O17S.